The van der Waals surface area contributed by atoms with E-state index < -0.39 is 24.0 Å². The van der Waals surface area contributed by atoms with Crippen LogP contribution in [0.2, 0.25) is 0 Å². The molecule has 1 atom stereocenters. The molecule has 0 radical (unpaired) electrons. The van der Waals surface area contributed by atoms with Gasteiger partial charge in [-0.15, -0.1) is 11.3 Å². The number of carbonyl (C=O) groups excluding carboxylic acids is 2. The summed E-state index contributed by atoms with van der Waals surface area (Å²) in [6.07, 6.45) is 0.325. The fraction of sp³-hybridized carbons (Fsp3) is 0.316. The Kier molecular flexibility index (Phi) is 5.90. The van der Waals surface area contributed by atoms with Crippen LogP contribution in [0.5, 0.6) is 0 Å². The lowest BCUT2D eigenvalue weighted by atomic mass is 10.2. The summed E-state index contributed by atoms with van der Waals surface area (Å²) in [7, 11) is 0. The molecule has 2 aliphatic heterocycles. The zero-order valence-electron chi connectivity index (χ0n) is 16.9. The molecule has 1 saturated heterocycles. The fourth-order valence-corrected chi connectivity index (χ4v) is 4.03. The molecule has 0 bridgehead atoms. The van der Waals surface area contributed by atoms with Crippen LogP contribution in [0.4, 0.5) is 25.7 Å². The Bertz CT molecular complexity index is 1090. The first-order valence-corrected chi connectivity index (χ1v) is 10.5. The van der Waals surface area contributed by atoms with Gasteiger partial charge in [0, 0.05) is 18.8 Å². The highest BCUT2D eigenvalue weighted by Crippen LogP contribution is 2.29. The van der Waals surface area contributed by atoms with Gasteiger partial charge in [0.05, 0.1) is 31.0 Å². The number of halogens is 1. The molecule has 1 aromatic heterocycles. The molecule has 32 heavy (non-hydrogen) atoms. The van der Waals surface area contributed by atoms with Gasteiger partial charge in [-0.3, -0.25) is 9.69 Å². The number of cyclic esters (lactones) is 1. The van der Waals surface area contributed by atoms with Gasteiger partial charge in [0.1, 0.15) is 18.3 Å². The highest BCUT2D eigenvalue weighted by molar-refractivity contribution is 7.13. The van der Waals surface area contributed by atoms with E-state index in [0.717, 1.165) is 11.3 Å². The number of nitrogens with one attached hydrogen (secondary N) is 1. The monoisotopic (exact) mass is 462 g/mol. The number of aromatic carboxylic acids is 1. The predicted molar refractivity (Wildman–Crippen MR) is 115 cm³/mol. The number of hydrogen-bond acceptors (Lipinski definition) is 9. The van der Waals surface area contributed by atoms with Crippen LogP contribution in [-0.4, -0.2) is 66.7 Å². The van der Waals surface area contributed by atoms with Gasteiger partial charge in [-0.05, 0) is 18.2 Å². The zero-order valence-corrected chi connectivity index (χ0v) is 17.7. The number of benzene rings is 1. The normalized spacial score (nSPS) is 18.1. The standard InChI is InChI=1S/C19H19FN6O5S/c1-11(27)21-7-13-8-25(19(30)31-13)12-2-3-16(14(20)6-12)24-4-5-26(22-10-24)18-23-15(9-32-18)17(28)29/h2-3,6,9-10,13H,4-5,7-8H2,1H3,(H,21,27)(H,28,29)/t13-/m0/s1. The average Bonchev–Trinajstić information content (AvgIpc) is 3.39. The van der Waals surface area contributed by atoms with Crippen LogP contribution in [0.15, 0.2) is 28.7 Å². The van der Waals surface area contributed by atoms with Crippen molar-refractivity contribution in [1.82, 2.24) is 10.3 Å². The number of hydrazone groups is 1. The number of carboxylic acids is 1. The van der Waals surface area contributed by atoms with Crippen molar-refractivity contribution in [2.24, 2.45) is 5.10 Å². The van der Waals surface area contributed by atoms with E-state index in [4.69, 9.17) is 9.84 Å². The molecule has 2 amide bonds. The number of ether oxygens (including phenoxy) is 1. The average molecular weight is 462 g/mol. The number of carboxylic acid groups (broad SMARTS) is 1. The van der Waals surface area contributed by atoms with Crippen molar-refractivity contribution >= 4 is 52.2 Å². The summed E-state index contributed by atoms with van der Waals surface area (Å²) in [6.45, 7) is 2.53. The highest BCUT2D eigenvalue weighted by Gasteiger charge is 2.33. The minimum atomic E-state index is -1.11. The number of rotatable bonds is 6. The van der Waals surface area contributed by atoms with Crippen LogP contribution < -0.4 is 20.1 Å². The Balaban J connectivity index is 1.43. The Labute approximate surface area is 185 Å². The van der Waals surface area contributed by atoms with Gasteiger partial charge >= 0.3 is 12.1 Å². The van der Waals surface area contributed by atoms with E-state index in [1.165, 1.54) is 29.6 Å². The molecule has 11 nitrogen and oxygen atoms in total. The van der Waals surface area contributed by atoms with E-state index in [-0.39, 0.29) is 30.4 Å². The summed E-state index contributed by atoms with van der Waals surface area (Å²) in [6, 6.07) is 4.41. The predicted octanol–water partition coefficient (Wildman–Crippen LogP) is 1.71. The Morgan fingerprint density at radius 1 is 1.38 bits per heavy atom. The molecule has 2 aromatic rings. The molecule has 0 saturated carbocycles. The number of thiazole rings is 1. The maximum Gasteiger partial charge on any atom is 0.414 e. The first kappa shape index (κ1) is 21.5. The first-order valence-electron chi connectivity index (χ1n) is 9.61. The molecule has 1 fully saturated rings. The third-order valence-electron chi connectivity index (χ3n) is 4.82. The molecular formula is C19H19FN6O5S. The molecule has 13 heteroatoms. The van der Waals surface area contributed by atoms with Crippen molar-refractivity contribution in [2.45, 2.75) is 13.0 Å². The lowest BCUT2D eigenvalue weighted by Gasteiger charge is -2.29. The lowest BCUT2D eigenvalue weighted by Crippen LogP contribution is -2.38. The van der Waals surface area contributed by atoms with Crippen molar-refractivity contribution in [1.29, 1.82) is 0 Å². The number of amides is 2. The van der Waals surface area contributed by atoms with E-state index in [0.29, 0.717) is 23.9 Å². The number of aromatic nitrogens is 1. The largest absolute Gasteiger partial charge is 0.476 e. The van der Waals surface area contributed by atoms with Crippen LogP contribution in [0.25, 0.3) is 0 Å². The SMILES string of the molecule is CC(=O)NC[C@H]1CN(c2ccc(N3C=NN(c4nc(C(=O)O)cs4)CC3)c(F)c2)C(=O)O1. The Morgan fingerprint density at radius 2 is 2.19 bits per heavy atom. The van der Waals surface area contributed by atoms with E-state index in [9.17, 15) is 18.8 Å². The molecule has 168 valence electrons. The molecule has 2 aliphatic rings. The van der Waals surface area contributed by atoms with Gasteiger partial charge in [0.15, 0.2) is 5.69 Å². The first-order chi connectivity index (χ1) is 15.3. The zero-order chi connectivity index (χ0) is 22.8. The summed E-state index contributed by atoms with van der Waals surface area (Å²) in [4.78, 5) is 41.1. The topological polar surface area (TPSA) is 128 Å². The van der Waals surface area contributed by atoms with Gasteiger partial charge in [-0.1, -0.05) is 0 Å². The van der Waals surface area contributed by atoms with Crippen LogP contribution in [-0.2, 0) is 9.53 Å². The quantitative estimate of drug-likeness (QED) is 0.664. The van der Waals surface area contributed by atoms with Crippen molar-refractivity contribution in [2.75, 3.05) is 41.0 Å². The van der Waals surface area contributed by atoms with Crippen LogP contribution >= 0.6 is 11.3 Å². The van der Waals surface area contributed by atoms with Crippen molar-refractivity contribution in [3.8, 4) is 0 Å². The molecule has 2 N–H and O–H groups in total. The van der Waals surface area contributed by atoms with Gasteiger partial charge in [-0.25, -0.2) is 24.0 Å². The second-order valence-corrected chi connectivity index (χ2v) is 7.89. The summed E-state index contributed by atoms with van der Waals surface area (Å²) < 4.78 is 20.1. The number of carbonyl (C=O) groups is 3. The van der Waals surface area contributed by atoms with Crippen LogP contribution in [0, 0.1) is 5.82 Å². The van der Waals surface area contributed by atoms with Gasteiger partial charge in [0.2, 0.25) is 11.0 Å². The molecule has 4 rings (SSSR count). The molecule has 0 spiro atoms. The van der Waals surface area contributed by atoms with Gasteiger partial charge in [-0.2, -0.15) is 5.10 Å². The van der Waals surface area contributed by atoms with Crippen molar-refractivity contribution in [3.05, 3.63) is 35.1 Å². The van der Waals surface area contributed by atoms with E-state index in [1.54, 1.807) is 22.0 Å². The lowest BCUT2D eigenvalue weighted by molar-refractivity contribution is -0.119. The number of anilines is 3. The summed E-state index contributed by atoms with van der Waals surface area (Å²) in [5.41, 5.74) is 0.579. The van der Waals surface area contributed by atoms with E-state index in [1.807, 2.05) is 0 Å². The molecule has 0 aliphatic carbocycles. The number of nitrogens with zero attached hydrogens (tertiary/aromatic N) is 5. The van der Waals surface area contributed by atoms with Crippen molar-refractivity contribution in [3.63, 3.8) is 0 Å². The maximum absolute atomic E-state index is 14.9. The van der Waals surface area contributed by atoms with Crippen molar-refractivity contribution < 1.29 is 28.6 Å². The Hall–Kier alpha value is -3.74. The second-order valence-electron chi connectivity index (χ2n) is 7.06. The maximum atomic E-state index is 14.9. The molecule has 0 unspecified atom stereocenters. The van der Waals surface area contributed by atoms with E-state index in [2.05, 4.69) is 15.4 Å². The van der Waals surface area contributed by atoms with Crippen LogP contribution in [0.1, 0.15) is 17.4 Å². The summed E-state index contributed by atoms with van der Waals surface area (Å²) >= 11 is 1.16. The smallest absolute Gasteiger partial charge is 0.414 e. The van der Waals surface area contributed by atoms with Gasteiger partial charge in [0.25, 0.3) is 0 Å². The third-order valence-corrected chi connectivity index (χ3v) is 5.67. The number of hydrogen-bond donors (Lipinski definition) is 2. The van der Waals surface area contributed by atoms with Gasteiger partial charge < -0.3 is 20.1 Å². The second kappa shape index (κ2) is 8.78. The summed E-state index contributed by atoms with van der Waals surface area (Å²) in [5.74, 6) is -1.88. The molecule has 1 aromatic carbocycles. The minimum Gasteiger partial charge on any atom is -0.476 e. The summed E-state index contributed by atoms with van der Waals surface area (Å²) in [5, 5.41) is 19.2. The Morgan fingerprint density at radius 3 is 2.81 bits per heavy atom. The minimum absolute atomic E-state index is 0.0518. The molecular weight excluding hydrogens is 443 g/mol. The molecule has 3 heterocycles. The van der Waals surface area contributed by atoms with Crippen LogP contribution in [0.3, 0.4) is 0 Å². The fourth-order valence-electron chi connectivity index (χ4n) is 3.24. The van der Waals surface area contributed by atoms with E-state index >= 15 is 0 Å². The third kappa shape index (κ3) is 4.46. The highest BCUT2D eigenvalue weighted by atomic mass is 32.1.